The van der Waals surface area contributed by atoms with Crippen molar-refractivity contribution in [1.29, 1.82) is 0 Å². The molecule has 1 aliphatic heterocycles. The summed E-state index contributed by atoms with van der Waals surface area (Å²) in [6, 6.07) is 3.74. The Labute approximate surface area is 125 Å². The largest absolute Gasteiger partial charge is 0.497 e. The van der Waals surface area contributed by atoms with Crippen LogP contribution < -0.4 is 15.4 Å². The van der Waals surface area contributed by atoms with Gasteiger partial charge in [-0.1, -0.05) is 0 Å². The molecule has 6 nitrogen and oxygen atoms in total. The van der Waals surface area contributed by atoms with Crippen LogP contribution >= 0.6 is 12.4 Å². The van der Waals surface area contributed by atoms with Crippen molar-refractivity contribution in [2.75, 3.05) is 44.7 Å². The van der Waals surface area contributed by atoms with Gasteiger partial charge in [0.1, 0.15) is 11.6 Å². The number of pyridine rings is 1. The van der Waals surface area contributed by atoms with Gasteiger partial charge in [0.05, 0.1) is 7.11 Å². The first-order valence-electron chi connectivity index (χ1n) is 6.47. The Balaban J connectivity index is 0.00000200. The predicted molar refractivity (Wildman–Crippen MR) is 80.5 cm³/mol. The highest BCUT2D eigenvalue weighted by atomic mass is 35.5. The number of aromatic nitrogens is 1. The van der Waals surface area contributed by atoms with Gasteiger partial charge in [0.25, 0.3) is 0 Å². The van der Waals surface area contributed by atoms with Gasteiger partial charge in [-0.25, -0.2) is 4.98 Å². The lowest BCUT2D eigenvalue weighted by Crippen LogP contribution is -2.49. The Morgan fingerprint density at radius 2 is 2.10 bits per heavy atom. The SMILES string of the molecule is COc1ccnc(N2CCN(C(=O)CCN)CC2)c1.Cl. The van der Waals surface area contributed by atoms with E-state index in [-0.39, 0.29) is 18.3 Å². The number of halogens is 1. The fourth-order valence-corrected chi connectivity index (χ4v) is 2.17. The highest BCUT2D eigenvalue weighted by Crippen LogP contribution is 2.19. The molecule has 0 aromatic carbocycles. The second kappa shape index (κ2) is 7.91. The number of hydrogen-bond acceptors (Lipinski definition) is 5. The third kappa shape index (κ3) is 3.98. The molecule has 0 saturated carbocycles. The van der Waals surface area contributed by atoms with Crippen molar-refractivity contribution >= 4 is 24.1 Å². The molecule has 20 heavy (non-hydrogen) atoms. The quantitative estimate of drug-likeness (QED) is 0.877. The molecule has 1 aromatic heterocycles. The van der Waals surface area contributed by atoms with Gasteiger partial charge in [-0.15, -0.1) is 12.4 Å². The number of hydrogen-bond donors (Lipinski definition) is 1. The fourth-order valence-electron chi connectivity index (χ4n) is 2.17. The number of nitrogens with zero attached hydrogens (tertiary/aromatic N) is 3. The van der Waals surface area contributed by atoms with Crippen molar-refractivity contribution in [2.45, 2.75) is 6.42 Å². The molecule has 0 unspecified atom stereocenters. The van der Waals surface area contributed by atoms with E-state index in [1.165, 1.54) is 0 Å². The molecule has 1 saturated heterocycles. The summed E-state index contributed by atoms with van der Waals surface area (Å²) in [7, 11) is 1.64. The average Bonchev–Trinajstić information content (AvgIpc) is 2.48. The molecule has 112 valence electrons. The van der Waals surface area contributed by atoms with Crippen LogP contribution in [0.4, 0.5) is 5.82 Å². The maximum absolute atomic E-state index is 11.7. The zero-order chi connectivity index (χ0) is 13.7. The first-order chi connectivity index (χ1) is 9.24. The normalized spacial score (nSPS) is 14.7. The second-order valence-corrected chi connectivity index (χ2v) is 4.46. The summed E-state index contributed by atoms with van der Waals surface area (Å²) in [6.07, 6.45) is 2.16. The molecule has 0 radical (unpaired) electrons. The predicted octanol–water partition coefficient (Wildman–Crippen LogP) is 0.509. The summed E-state index contributed by atoms with van der Waals surface area (Å²) in [6.45, 7) is 3.43. The molecule has 0 spiro atoms. The van der Waals surface area contributed by atoms with Crippen molar-refractivity contribution in [3.63, 3.8) is 0 Å². The van der Waals surface area contributed by atoms with Crippen LogP contribution in [0.5, 0.6) is 5.75 Å². The van der Waals surface area contributed by atoms with E-state index in [0.717, 1.165) is 37.7 Å². The zero-order valence-corrected chi connectivity index (χ0v) is 12.4. The molecule has 0 aliphatic carbocycles. The van der Waals surface area contributed by atoms with Gasteiger partial charge >= 0.3 is 0 Å². The molecule has 1 aliphatic rings. The van der Waals surface area contributed by atoms with E-state index < -0.39 is 0 Å². The number of amides is 1. The van der Waals surface area contributed by atoms with Crippen molar-refractivity contribution < 1.29 is 9.53 Å². The molecule has 7 heteroatoms. The molecular formula is C13H21ClN4O2. The Bertz CT molecular complexity index is 436. The van der Waals surface area contributed by atoms with Crippen molar-refractivity contribution in [2.24, 2.45) is 5.73 Å². The lowest BCUT2D eigenvalue weighted by Gasteiger charge is -2.35. The molecule has 0 bridgehead atoms. The summed E-state index contributed by atoms with van der Waals surface area (Å²) in [5, 5.41) is 0. The minimum absolute atomic E-state index is 0. The van der Waals surface area contributed by atoms with Gasteiger partial charge in [0, 0.05) is 51.4 Å². The van der Waals surface area contributed by atoms with Crippen molar-refractivity contribution in [3.05, 3.63) is 18.3 Å². The maximum Gasteiger partial charge on any atom is 0.223 e. The lowest BCUT2D eigenvalue weighted by atomic mass is 10.2. The van der Waals surface area contributed by atoms with Gasteiger partial charge in [0.15, 0.2) is 0 Å². The summed E-state index contributed by atoms with van der Waals surface area (Å²) in [5.74, 6) is 1.83. The molecule has 1 amide bonds. The summed E-state index contributed by atoms with van der Waals surface area (Å²) in [4.78, 5) is 20.1. The topological polar surface area (TPSA) is 71.7 Å². The molecule has 2 heterocycles. The van der Waals surface area contributed by atoms with Crippen LogP contribution in [0.2, 0.25) is 0 Å². The average molecular weight is 301 g/mol. The van der Waals surface area contributed by atoms with Crippen molar-refractivity contribution in [1.82, 2.24) is 9.88 Å². The zero-order valence-electron chi connectivity index (χ0n) is 11.6. The van der Waals surface area contributed by atoms with Crippen LogP contribution in [-0.2, 0) is 4.79 Å². The Morgan fingerprint density at radius 1 is 1.40 bits per heavy atom. The fraction of sp³-hybridized carbons (Fsp3) is 0.538. The lowest BCUT2D eigenvalue weighted by molar-refractivity contribution is -0.131. The molecule has 1 aromatic rings. The molecule has 1 fully saturated rings. The number of ether oxygens (including phenoxy) is 1. The number of rotatable bonds is 4. The van der Waals surface area contributed by atoms with Crippen molar-refractivity contribution in [3.8, 4) is 5.75 Å². The molecule has 0 atom stereocenters. The van der Waals surface area contributed by atoms with Crippen LogP contribution in [0.15, 0.2) is 18.3 Å². The van der Waals surface area contributed by atoms with E-state index in [0.29, 0.717) is 13.0 Å². The standard InChI is InChI=1S/C13H20N4O2.ClH/c1-19-11-3-5-15-12(10-11)16-6-8-17(9-7-16)13(18)2-4-14;/h3,5,10H,2,4,6-9,14H2,1H3;1H. The summed E-state index contributed by atoms with van der Waals surface area (Å²) < 4.78 is 5.19. The third-order valence-corrected chi connectivity index (χ3v) is 3.27. The number of carbonyl (C=O) groups excluding carboxylic acids is 1. The van der Waals surface area contributed by atoms with E-state index >= 15 is 0 Å². The van der Waals surface area contributed by atoms with E-state index in [4.69, 9.17) is 10.5 Å². The third-order valence-electron chi connectivity index (χ3n) is 3.27. The summed E-state index contributed by atoms with van der Waals surface area (Å²) >= 11 is 0. The number of anilines is 1. The molecule has 2 rings (SSSR count). The van der Waals surface area contributed by atoms with Gasteiger partial charge in [-0.3, -0.25) is 4.79 Å². The smallest absolute Gasteiger partial charge is 0.223 e. The van der Waals surface area contributed by atoms with E-state index in [1.807, 2.05) is 17.0 Å². The second-order valence-electron chi connectivity index (χ2n) is 4.46. The highest BCUT2D eigenvalue weighted by molar-refractivity contribution is 5.85. The highest BCUT2D eigenvalue weighted by Gasteiger charge is 2.21. The summed E-state index contributed by atoms with van der Waals surface area (Å²) in [5.41, 5.74) is 5.40. The van der Waals surface area contributed by atoms with Gasteiger partial charge in [-0.2, -0.15) is 0 Å². The first kappa shape index (κ1) is 16.5. The minimum atomic E-state index is 0. The van der Waals surface area contributed by atoms with Crippen LogP contribution in [0.25, 0.3) is 0 Å². The Morgan fingerprint density at radius 3 is 2.70 bits per heavy atom. The monoisotopic (exact) mass is 300 g/mol. The van der Waals surface area contributed by atoms with E-state index in [2.05, 4.69) is 9.88 Å². The van der Waals surface area contributed by atoms with Crippen LogP contribution in [0.3, 0.4) is 0 Å². The van der Waals surface area contributed by atoms with Gasteiger partial charge < -0.3 is 20.3 Å². The molecular weight excluding hydrogens is 280 g/mol. The Hall–Kier alpha value is -1.53. The number of methoxy groups -OCH3 is 1. The van der Waals surface area contributed by atoms with Gasteiger partial charge in [0.2, 0.25) is 5.91 Å². The maximum atomic E-state index is 11.7. The van der Waals surface area contributed by atoms with Crippen LogP contribution in [-0.4, -0.2) is 55.6 Å². The number of carbonyl (C=O) groups is 1. The molecule has 2 N–H and O–H groups in total. The number of piperazine rings is 1. The van der Waals surface area contributed by atoms with Gasteiger partial charge in [-0.05, 0) is 6.07 Å². The minimum Gasteiger partial charge on any atom is -0.497 e. The van der Waals surface area contributed by atoms with Crippen LogP contribution in [0.1, 0.15) is 6.42 Å². The van der Waals surface area contributed by atoms with E-state index in [9.17, 15) is 4.79 Å². The number of nitrogens with two attached hydrogens (primary N) is 1. The Kier molecular flexibility index (Phi) is 6.54. The first-order valence-corrected chi connectivity index (χ1v) is 6.47. The van der Waals surface area contributed by atoms with Crippen LogP contribution in [0, 0.1) is 0 Å². The van der Waals surface area contributed by atoms with E-state index in [1.54, 1.807) is 13.3 Å².